The van der Waals surface area contributed by atoms with Crippen LogP contribution in [0.3, 0.4) is 0 Å². The van der Waals surface area contributed by atoms with E-state index in [1.54, 1.807) is 18.3 Å². The van der Waals surface area contributed by atoms with E-state index in [-0.39, 0.29) is 5.91 Å². The van der Waals surface area contributed by atoms with E-state index in [1.165, 1.54) is 12.8 Å². The number of hydrogen-bond acceptors (Lipinski definition) is 5. The molecule has 7 nitrogen and oxygen atoms in total. The number of amides is 1. The van der Waals surface area contributed by atoms with Crippen LogP contribution < -0.4 is 5.32 Å². The third-order valence-corrected chi connectivity index (χ3v) is 4.86. The molecule has 2 aliphatic rings. The van der Waals surface area contributed by atoms with Gasteiger partial charge in [-0.15, -0.1) is 0 Å². The molecule has 0 saturated heterocycles. The van der Waals surface area contributed by atoms with Gasteiger partial charge in [0.25, 0.3) is 11.8 Å². The number of carbonyl (C=O) groups excluding carboxylic acids is 1. The molecule has 1 N–H and O–H groups in total. The number of anilines is 1. The Hall–Kier alpha value is -2.96. The fourth-order valence-electron chi connectivity index (χ4n) is 2.94. The standard InChI is InChI=1S/C19H19N5O2/c25-18(21-16-9-10-20-24(16)11-12-1-2-12)14-5-7-15(8-6-14)19-22-17(23-26-19)13-3-4-13/h5-10,12-13H,1-4,11H2,(H,21,25). The molecule has 0 radical (unpaired) electrons. The summed E-state index contributed by atoms with van der Waals surface area (Å²) in [5, 5.41) is 11.3. The first-order valence-corrected chi connectivity index (χ1v) is 9.03. The molecular weight excluding hydrogens is 330 g/mol. The number of nitrogens with one attached hydrogen (secondary N) is 1. The van der Waals surface area contributed by atoms with Crippen molar-refractivity contribution in [2.45, 2.75) is 38.1 Å². The molecule has 2 heterocycles. The second kappa shape index (κ2) is 6.09. The molecular formula is C19H19N5O2. The van der Waals surface area contributed by atoms with Crippen LogP contribution in [0.1, 0.15) is 47.8 Å². The Kier molecular flexibility index (Phi) is 3.58. The van der Waals surface area contributed by atoms with E-state index in [0.717, 1.165) is 36.6 Å². The van der Waals surface area contributed by atoms with E-state index in [0.29, 0.717) is 23.3 Å². The molecule has 2 aromatic heterocycles. The predicted molar refractivity (Wildman–Crippen MR) is 94.6 cm³/mol. The van der Waals surface area contributed by atoms with E-state index in [4.69, 9.17) is 4.52 Å². The third kappa shape index (κ3) is 3.12. The van der Waals surface area contributed by atoms with Crippen molar-refractivity contribution >= 4 is 11.7 Å². The van der Waals surface area contributed by atoms with Crippen molar-refractivity contribution in [1.82, 2.24) is 19.9 Å². The molecule has 1 aromatic carbocycles. The van der Waals surface area contributed by atoms with Gasteiger partial charge >= 0.3 is 0 Å². The second-order valence-corrected chi connectivity index (χ2v) is 7.11. The Balaban J connectivity index is 1.28. The molecule has 26 heavy (non-hydrogen) atoms. The molecule has 5 rings (SSSR count). The van der Waals surface area contributed by atoms with Crippen LogP contribution in [0, 0.1) is 5.92 Å². The minimum Gasteiger partial charge on any atom is -0.334 e. The quantitative estimate of drug-likeness (QED) is 0.736. The summed E-state index contributed by atoms with van der Waals surface area (Å²) < 4.78 is 7.19. The second-order valence-electron chi connectivity index (χ2n) is 7.11. The molecule has 2 aliphatic carbocycles. The Morgan fingerprint density at radius 2 is 1.96 bits per heavy atom. The Labute approximate surface area is 150 Å². The summed E-state index contributed by atoms with van der Waals surface area (Å²) in [5.41, 5.74) is 1.40. The van der Waals surface area contributed by atoms with E-state index < -0.39 is 0 Å². The van der Waals surface area contributed by atoms with Crippen molar-refractivity contribution in [3.63, 3.8) is 0 Å². The van der Waals surface area contributed by atoms with Gasteiger partial charge < -0.3 is 9.84 Å². The molecule has 7 heteroatoms. The number of nitrogens with zero attached hydrogens (tertiary/aromatic N) is 4. The van der Waals surface area contributed by atoms with Gasteiger partial charge in [-0.2, -0.15) is 10.1 Å². The molecule has 1 amide bonds. The van der Waals surface area contributed by atoms with Crippen molar-refractivity contribution in [3.8, 4) is 11.5 Å². The largest absolute Gasteiger partial charge is 0.334 e. The Bertz CT molecular complexity index is 935. The van der Waals surface area contributed by atoms with Gasteiger partial charge in [0.15, 0.2) is 5.82 Å². The van der Waals surface area contributed by atoms with E-state index in [9.17, 15) is 4.79 Å². The molecule has 3 aromatic rings. The van der Waals surface area contributed by atoms with E-state index in [2.05, 4.69) is 20.6 Å². The molecule has 0 unspecified atom stereocenters. The summed E-state index contributed by atoms with van der Waals surface area (Å²) in [6, 6.07) is 9.04. The molecule has 2 saturated carbocycles. The number of rotatable bonds is 6. The minimum atomic E-state index is -0.154. The maximum atomic E-state index is 12.5. The molecule has 0 atom stereocenters. The van der Waals surface area contributed by atoms with Crippen LogP contribution in [0.25, 0.3) is 11.5 Å². The highest BCUT2D eigenvalue weighted by atomic mass is 16.5. The van der Waals surface area contributed by atoms with Crippen molar-refractivity contribution in [2.24, 2.45) is 5.92 Å². The van der Waals surface area contributed by atoms with Crippen LogP contribution >= 0.6 is 0 Å². The average Bonchev–Trinajstić information content (AvgIpc) is 3.58. The zero-order valence-corrected chi connectivity index (χ0v) is 14.3. The maximum Gasteiger partial charge on any atom is 0.257 e. The number of benzene rings is 1. The van der Waals surface area contributed by atoms with Crippen LogP contribution in [0.4, 0.5) is 5.82 Å². The van der Waals surface area contributed by atoms with Crippen molar-refractivity contribution in [3.05, 3.63) is 47.9 Å². The van der Waals surface area contributed by atoms with Gasteiger partial charge in [0.2, 0.25) is 0 Å². The highest BCUT2D eigenvalue weighted by Gasteiger charge is 2.29. The lowest BCUT2D eigenvalue weighted by Gasteiger charge is -2.08. The zero-order chi connectivity index (χ0) is 17.5. The van der Waals surface area contributed by atoms with Crippen molar-refractivity contribution in [2.75, 3.05) is 5.32 Å². The molecule has 0 aliphatic heterocycles. The van der Waals surface area contributed by atoms with Crippen LogP contribution in [-0.2, 0) is 6.54 Å². The smallest absolute Gasteiger partial charge is 0.257 e. The van der Waals surface area contributed by atoms with E-state index >= 15 is 0 Å². The molecule has 0 spiro atoms. The van der Waals surface area contributed by atoms with Crippen molar-refractivity contribution < 1.29 is 9.32 Å². The van der Waals surface area contributed by atoms with Gasteiger partial charge in [-0.05, 0) is 55.9 Å². The van der Waals surface area contributed by atoms with Crippen molar-refractivity contribution in [1.29, 1.82) is 0 Å². The summed E-state index contributed by atoms with van der Waals surface area (Å²) in [4.78, 5) is 16.9. The Morgan fingerprint density at radius 3 is 2.69 bits per heavy atom. The van der Waals surface area contributed by atoms with Gasteiger partial charge in [-0.1, -0.05) is 5.16 Å². The molecule has 2 fully saturated rings. The van der Waals surface area contributed by atoms with Crippen LogP contribution in [0.15, 0.2) is 41.1 Å². The fourth-order valence-corrected chi connectivity index (χ4v) is 2.94. The summed E-state index contributed by atoms with van der Waals surface area (Å²) >= 11 is 0. The topological polar surface area (TPSA) is 85.8 Å². The normalized spacial score (nSPS) is 16.6. The first-order chi connectivity index (χ1) is 12.8. The average molecular weight is 349 g/mol. The first-order valence-electron chi connectivity index (χ1n) is 9.03. The summed E-state index contributed by atoms with van der Waals surface area (Å²) in [5.74, 6) is 3.01. The summed E-state index contributed by atoms with van der Waals surface area (Å²) in [6.07, 6.45) is 6.47. The monoisotopic (exact) mass is 349 g/mol. The lowest BCUT2D eigenvalue weighted by Crippen LogP contribution is -2.16. The SMILES string of the molecule is O=C(Nc1ccnn1CC1CC1)c1ccc(-c2nc(C3CC3)no2)cc1. The number of carbonyl (C=O) groups is 1. The molecule has 132 valence electrons. The lowest BCUT2D eigenvalue weighted by atomic mass is 10.1. The van der Waals surface area contributed by atoms with Gasteiger partial charge in [0.1, 0.15) is 5.82 Å². The van der Waals surface area contributed by atoms with Crippen LogP contribution in [-0.4, -0.2) is 25.8 Å². The molecule has 0 bridgehead atoms. The van der Waals surface area contributed by atoms with Gasteiger partial charge in [-0.3, -0.25) is 4.79 Å². The van der Waals surface area contributed by atoms with Gasteiger partial charge in [0.05, 0.1) is 6.20 Å². The predicted octanol–water partition coefficient (Wildman–Crippen LogP) is 3.47. The number of aromatic nitrogens is 4. The maximum absolute atomic E-state index is 12.5. The Morgan fingerprint density at radius 1 is 1.15 bits per heavy atom. The first kappa shape index (κ1) is 15.3. The van der Waals surface area contributed by atoms with Crippen LogP contribution in [0.5, 0.6) is 0 Å². The summed E-state index contributed by atoms with van der Waals surface area (Å²) in [6.45, 7) is 0.863. The highest BCUT2D eigenvalue weighted by molar-refractivity contribution is 6.04. The lowest BCUT2D eigenvalue weighted by molar-refractivity contribution is 0.102. The summed E-state index contributed by atoms with van der Waals surface area (Å²) in [7, 11) is 0. The third-order valence-electron chi connectivity index (χ3n) is 4.86. The van der Waals surface area contributed by atoms with E-state index in [1.807, 2.05) is 22.9 Å². The van der Waals surface area contributed by atoms with Gasteiger partial charge in [0, 0.05) is 29.7 Å². The zero-order valence-electron chi connectivity index (χ0n) is 14.3. The fraction of sp³-hybridized carbons (Fsp3) is 0.368. The van der Waals surface area contributed by atoms with Crippen LogP contribution in [0.2, 0.25) is 0 Å². The van der Waals surface area contributed by atoms with Gasteiger partial charge in [-0.25, -0.2) is 4.68 Å². The minimum absolute atomic E-state index is 0.154. The highest BCUT2D eigenvalue weighted by Crippen LogP contribution is 2.38. The number of hydrogen-bond donors (Lipinski definition) is 1.